The average Bonchev–Trinajstić information content (AvgIpc) is 3.07. The summed E-state index contributed by atoms with van der Waals surface area (Å²) >= 11 is 0. The van der Waals surface area contributed by atoms with Crippen molar-refractivity contribution in [3.8, 4) is 5.75 Å². The van der Waals surface area contributed by atoms with Gasteiger partial charge >= 0.3 is 5.97 Å². The van der Waals surface area contributed by atoms with E-state index in [-0.39, 0.29) is 5.78 Å². The highest BCUT2D eigenvalue weighted by Gasteiger charge is 2.49. The number of aromatic nitrogens is 1. The highest BCUT2D eigenvalue weighted by Crippen LogP contribution is 2.40. The molecule has 0 radical (unpaired) electrons. The summed E-state index contributed by atoms with van der Waals surface area (Å²) in [5.41, 5.74) is 3.41. The molecule has 1 fully saturated rings. The van der Waals surface area contributed by atoms with Crippen molar-refractivity contribution in [1.82, 2.24) is 9.47 Å². The molecule has 5 rings (SSSR count). The normalized spacial score (nSPS) is 17.5. The topological polar surface area (TPSA) is 60.8 Å². The number of methoxy groups -OCH3 is 1. The quantitative estimate of drug-likeness (QED) is 0.481. The van der Waals surface area contributed by atoms with E-state index in [1.807, 2.05) is 12.1 Å². The number of carbonyl (C=O) groups excluding carboxylic acids is 2. The van der Waals surface area contributed by atoms with Gasteiger partial charge in [-0.1, -0.05) is 24.3 Å². The van der Waals surface area contributed by atoms with E-state index >= 15 is 0 Å². The molecule has 0 bridgehead atoms. The van der Waals surface area contributed by atoms with Gasteiger partial charge in [0.15, 0.2) is 5.78 Å². The first-order valence-corrected chi connectivity index (χ1v) is 10.3. The van der Waals surface area contributed by atoms with Gasteiger partial charge in [0.05, 0.1) is 19.1 Å². The highest BCUT2D eigenvalue weighted by molar-refractivity contribution is 6.01. The summed E-state index contributed by atoms with van der Waals surface area (Å²) in [7, 11) is 3.40. The van der Waals surface area contributed by atoms with Crippen LogP contribution in [0.3, 0.4) is 0 Å². The maximum atomic E-state index is 12.9. The van der Waals surface area contributed by atoms with Gasteiger partial charge in [-0.2, -0.15) is 0 Å². The van der Waals surface area contributed by atoms with E-state index in [0.717, 1.165) is 25.2 Å². The number of ether oxygens (including phenoxy) is 2. The Morgan fingerprint density at radius 2 is 2.03 bits per heavy atom. The molecule has 2 aromatic carbocycles. The minimum atomic E-state index is -0.446. The second-order valence-corrected chi connectivity index (χ2v) is 8.42. The Balaban J connectivity index is 1.29. The summed E-state index contributed by atoms with van der Waals surface area (Å²) in [4.78, 5) is 26.5. The molecule has 2 aliphatic heterocycles. The number of para-hydroxylation sites is 1. The fraction of sp³-hybridized carbons (Fsp3) is 0.280. The molecule has 0 saturated carbocycles. The first-order valence-electron chi connectivity index (χ1n) is 10.3. The number of Topliss-reactive ketones (excluding diaryl/α,β-unsaturated/α-hetero) is 1. The van der Waals surface area contributed by atoms with Crippen molar-refractivity contribution in [3.63, 3.8) is 0 Å². The average molecular weight is 416 g/mol. The van der Waals surface area contributed by atoms with Crippen LogP contribution < -0.4 is 4.74 Å². The van der Waals surface area contributed by atoms with Crippen LogP contribution in [0.2, 0.25) is 0 Å². The molecule has 0 amide bonds. The first kappa shape index (κ1) is 19.6. The number of carbonyl (C=O) groups is 2. The minimum Gasteiger partial charge on any atom is -0.483 e. The van der Waals surface area contributed by atoms with Crippen LogP contribution in [0.25, 0.3) is 17.0 Å². The lowest BCUT2D eigenvalue weighted by atomic mass is 9.83. The Bertz CT molecular complexity index is 1220. The van der Waals surface area contributed by atoms with Gasteiger partial charge in [0.25, 0.3) is 0 Å². The molecule has 1 aromatic heterocycles. The third-order valence-corrected chi connectivity index (χ3v) is 6.12. The largest absolute Gasteiger partial charge is 0.483 e. The summed E-state index contributed by atoms with van der Waals surface area (Å²) in [5, 5.41) is 1.27. The van der Waals surface area contributed by atoms with E-state index in [1.54, 1.807) is 12.1 Å². The number of hydrogen-bond donors (Lipinski definition) is 0. The molecule has 31 heavy (non-hydrogen) atoms. The van der Waals surface area contributed by atoms with E-state index in [2.05, 4.69) is 51.7 Å². The summed E-state index contributed by atoms with van der Waals surface area (Å²) in [6, 6.07) is 13.8. The molecule has 1 spiro atoms. The lowest BCUT2D eigenvalue weighted by molar-refractivity contribution is -0.134. The smallest absolute Gasteiger partial charge is 0.330 e. The molecule has 0 unspecified atom stereocenters. The molecule has 3 heterocycles. The number of fused-ring (bicyclic) bond motifs is 2. The predicted molar refractivity (Wildman–Crippen MR) is 118 cm³/mol. The Labute approximate surface area is 180 Å². The molecule has 6 heteroatoms. The van der Waals surface area contributed by atoms with Crippen LogP contribution >= 0.6 is 0 Å². The third kappa shape index (κ3) is 3.53. The number of likely N-dealkylation sites (tertiary alicyclic amines) is 1. The van der Waals surface area contributed by atoms with Crippen molar-refractivity contribution in [3.05, 3.63) is 71.4 Å². The fourth-order valence-corrected chi connectivity index (χ4v) is 4.70. The molecule has 2 aliphatic rings. The Kier molecular flexibility index (Phi) is 4.67. The van der Waals surface area contributed by atoms with Crippen LogP contribution in [0.4, 0.5) is 0 Å². The zero-order valence-electron chi connectivity index (χ0n) is 17.6. The maximum Gasteiger partial charge on any atom is 0.330 e. The summed E-state index contributed by atoms with van der Waals surface area (Å²) < 4.78 is 13.1. The molecule has 1 saturated heterocycles. The minimum absolute atomic E-state index is 0.0828. The molecular formula is C25H24N2O4. The van der Waals surface area contributed by atoms with Gasteiger partial charge < -0.3 is 14.0 Å². The number of ketones is 1. The SMILES string of the molecule is COC(=O)/C=C/c1ccc2c(c1)C(=O)CC1(CN(Cc3cn(C)c4ccccc34)C1)O2. The van der Waals surface area contributed by atoms with Crippen molar-refractivity contribution < 1.29 is 19.1 Å². The van der Waals surface area contributed by atoms with Crippen LogP contribution in [0.1, 0.15) is 27.9 Å². The van der Waals surface area contributed by atoms with E-state index in [0.29, 0.717) is 17.7 Å². The van der Waals surface area contributed by atoms with E-state index in [4.69, 9.17) is 4.74 Å². The van der Waals surface area contributed by atoms with Gasteiger partial charge in [-0.15, -0.1) is 0 Å². The van der Waals surface area contributed by atoms with Crippen LogP contribution in [0, 0.1) is 0 Å². The lowest BCUT2D eigenvalue weighted by Gasteiger charge is -2.51. The van der Waals surface area contributed by atoms with Crippen LogP contribution in [-0.4, -0.2) is 47.0 Å². The monoisotopic (exact) mass is 416 g/mol. The Hall–Kier alpha value is -3.38. The van der Waals surface area contributed by atoms with Crippen LogP contribution in [-0.2, 0) is 23.1 Å². The molecule has 0 atom stereocenters. The van der Waals surface area contributed by atoms with Crippen LogP contribution in [0.15, 0.2) is 54.7 Å². The van der Waals surface area contributed by atoms with Gasteiger partial charge in [0, 0.05) is 49.9 Å². The molecule has 0 aliphatic carbocycles. The Morgan fingerprint density at radius 1 is 1.23 bits per heavy atom. The number of esters is 1. The predicted octanol–water partition coefficient (Wildman–Crippen LogP) is 3.58. The van der Waals surface area contributed by atoms with Gasteiger partial charge in [0.1, 0.15) is 11.4 Å². The van der Waals surface area contributed by atoms with Crippen molar-refractivity contribution in [2.24, 2.45) is 7.05 Å². The van der Waals surface area contributed by atoms with Gasteiger partial charge in [-0.25, -0.2) is 4.79 Å². The number of rotatable bonds is 4. The second kappa shape index (κ2) is 7.39. The van der Waals surface area contributed by atoms with E-state index in [1.165, 1.54) is 29.7 Å². The molecule has 158 valence electrons. The molecule has 3 aromatic rings. The maximum absolute atomic E-state index is 12.9. The molecule has 0 N–H and O–H groups in total. The molecular weight excluding hydrogens is 392 g/mol. The number of hydrogen-bond acceptors (Lipinski definition) is 5. The summed E-state index contributed by atoms with van der Waals surface area (Å²) in [6.07, 6.45) is 5.53. The van der Waals surface area contributed by atoms with E-state index < -0.39 is 11.6 Å². The Morgan fingerprint density at radius 3 is 2.84 bits per heavy atom. The first-order chi connectivity index (χ1) is 15.0. The zero-order valence-corrected chi connectivity index (χ0v) is 17.6. The van der Waals surface area contributed by atoms with Gasteiger partial charge in [-0.3, -0.25) is 9.69 Å². The van der Waals surface area contributed by atoms with E-state index in [9.17, 15) is 9.59 Å². The number of aryl methyl sites for hydroxylation is 1. The van der Waals surface area contributed by atoms with Crippen molar-refractivity contribution in [2.45, 2.75) is 18.6 Å². The standard InChI is InChI=1S/C25H24N2O4/c1-26-13-18(19-5-3-4-6-21(19)26)14-27-15-25(16-27)12-22(28)20-11-17(7-9-23(20)31-25)8-10-24(29)30-2/h3-11,13H,12,14-16H2,1-2H3/b10-8+. The van der Waals surface area contributed by atoms with Gasteiger partial charge in [-0.05, 0) is 35.4 Å². The fourth-order valence-electron chi connectivity index (χ4n) is 4.70. The van der Waals surface area contributed by atoms with Crippen molar-refractivity contribution in [1.29, 1.82) is 0 Å². The summed E-state index contributed by atoms with van der Waals surface area (Å²) in [5.74, 6) is 0.274. The third-order valence-electron chi connectivity index (χ3n) is 6.12. The lowest BCUT2D eigenvalue weighted by Crippen LogP contribution is -2.66. The zero-order chi connectivity index (χ0) is 21.6. The number of nitrogens with zero attached hydrogens (tertiary/aromatic N) is 2. The number of benzene rings is 2. The van der Waals surface area contributed by atoms with Crippen molar-refractivity contribution >= 4 is 28.7 Å². The van der Waals surface area contributed by atoms with Crippen LogP contribution in [0.5, 0.6) is 5.75 Å². The highest BCUT2D eigenvalue weighted by atomic mass is 16.5. The van der Waals surface area contributed by atoms with Crippen molar-refractivity contribution in [2.75, 3.05) is 20.2 Å². The van der Waals surface area contributed by atoms with Gasteiger partial charge in [0.2, 0.25) is 0 Å². The second-order valence-electron chi connectivity index (χ2n) is 8.42. The molecule has 6 nitrogen and oxygen atoms in total. The summed E-state index contributed by atoms with van der Waals surface area (Å²) in [6.45, 7) is 2.29.